The van der Waals surface area contributed by atoms with Crippen LogP contribution in [0.25, 0.3) is 0 Å². The highest BCUT2D eigenvalue weighted by molar-refractivity contribution is 6.68. The monoisotopic (exact) mass is 235 g/mol. The number of nitrogens with zero attached hydrogens (tertiary/aromatic N) is 1. The summed E-state index contributed by atoms with van der Waals surface area (Å²) in [5.41, 5.74) is -0.339. The normalized spacial score (nSPS) is 10.5. The summed E-state index contributed by atoms with van der Waals surface area (Å²) < 4.78 is 29.7. The van der Waals surface area contributed by atoms with Gasteiger partial charge in [-0.05, 0) is 24.1 Å². The lowest BCUT2D eigenvalue weighted by Crippen LogP contribution is -2.05. The molecule has 82 valence electrons. The molecule has 6 heteroatoms. The summed E-state index contributed by atoms with van der Waals surface area (Å²) >= 11 is 5.27. The van der Waals surface area contributed by atoms with Crippen LogP contribution in [0.4, 0.5) is 8.78 Å². The van der Waals surface area contributed by atoms with Crippen molar-refractivity contribution < 1.29 is 18.3 Å². The highest BCUT2D eigenvalue weighted by atomic mass is 35.5. The van der Waals surface area contributed by atoms with Crippen LogP contribution in [0, 0.1) is 6.92 Å². The molecule has 3 nitrogen and oxygen atoms in total. The molecule has 0 fully saturated rings. The summed E-state index contributed by atoms with van der Waals surface area (Å²) in [7, 11) is 1.28. The first-order chi connectivity index (χ1) is 6.99. The van der Waals surface area contributed by atoms with Crippen LogP contribution in [0.2, 0.25) is 0 Å². The van der Waals surface area contributed by atoms with Gasteiger partial charge >= 0.3 is 0 Å². The third-order valence-electron chi connectivity index (χ3n) is 1.97. The Hall–Kier alpha value is -1.23. The largest absolute Gasteiger partial charge is 0.480 e. The van der Waals surface area contributed by atoms with Gasteiger partial charge in [0.1, 0.15) is 0 Å². The van der Waals surface area contributed by atoms with E-state index in [2.05, 4.69) is 4.98 Å². The van der Waals surface area contributed by atoms with Gasteiger partial charge < -0.3 is 4.74 Å². The van der Waals surface area contributed by atoms with Crippen molar-refractivity contribution >= 4 is 16.8 Å². The van der Waals surface area contributed by atoms with Crippen LogP contribution in [-0.4, -0.2) is 17.3 Å². The molecule has 0 atom stereocenters. The van der Waals surface area contributed by atoms with Crippen LogP contribution < -0.4 is 4.74 Å². The molecule has 0 bridgehead atoms. The molecule has 0 aliphatic rings. The van der Waals surface area contributed by atoms with E-state index in [-0.39, 0.29) is 22.6 Å². The first-order valence-corrected chi connectivity index (χ1v) is 4.38. The zero-order chi connectivity index (χ0) is 11.6. The molecule has 0 saturated carbocycles. The molecular weight excluding hydrogens is 228 g/mol. The van der Waals surface area contributed by atoms with Crippen LogP contribution in [0.15, 0.2) is 6.20 Å². The second-order valence-electron chi connectivity index (χ2n) is 2.80. The third-order valence-corrected chi connectivity index (χ3v) is 2.16. The quantitative estimate of drug-likeness (QED) is 0.756. The summed E-state index contributed by atoms with van der Waals surface area (Å²) in [4.78, 5) is 14.6. The number of carbonyl (C=O) groups excluding carboxylic acids is 1. The van der Waals surface area contributed by atoms with Gasteiger partial charge in [-0.1, -0.05) is 0 Å². The Balaban J connectivity index is 3.42. The third kappa shape index (κ3) is 2.23. The molecule has 1 aromatic rings. The molecule has 0 N–H and O–H groups in total. The maximum Gasteiger partial charge on any atom is 0.265 e. The second-order valence-corrected chi connectivity index (χ2v) is 3.14. The Morgan fingerprint density at radius 3 is 2.60 bits per heavy atom. The van der Waals surface area contributed by atoms with E-state index in [9.17, 15) is 13.6 Å². The molecule has 0 aliphatic heterocycles. The van der Waals surface area contributed by atoms with Crippen molar-refractivity contribution in [2.75, 3.05) is 7.11 Å². The number of rotatable bonds is 3. The number of methoxy groups -OCH3 is 1. The maximum atomic E-state index is 12.5. The molecule has 0 radical (unpaired) electrons. The lowest BCUT2D eigenvalue weighted by molar-refractivity contribution is 0.107. The van der Waals surface area contributed by atoms with Gasteiger partial charge in [-0.3, -0.25) is 4.79 Å². The van der Waals surface area contributed by atoms with Crippen LogP contribution in [0.5, 0.6) is 5.88 Å². The van der Waals surface area contributed by atoms with Gasteiger partial charge in [0.05, 0.1) is 12.7 Å². The zero-order valence-electron chi connectivity index (χ0n) is 8.05. The molecule has 0 saturated heterocycles. The number of hydrogen-bond donors (Lipinski definition) is 0. The molecule has 0 spiro atoms. The number of carbonyl (C=O) groups is 1. The minimum Gasteiger partial charge on any atom is -0.480 e. The molecule has 1 aromatic heterocycles. The molecule has 1 heterocycles. The highest BCUT2D eigenvalue weighted by Gasteiger charge is 2.21. The van der Waals surface area contributed by atoms with E-state index in [4.69, 9.17) is 16.3 Å². The van der Waals surface area contributed by atoms with Crippen molar-refractivity contribution in [2.45, 2.75) is 13.3 Å². The van der Waals surface area contributed by atoms with E-state index in [0.29, 0.717) is 0 Å². The standard InChI is InChI=1S/C9H8ClF2NO2/c1-4-5(8(11)12)3-13-9(15-2)6(4)7(10)14/h3,8H,1-2H3. The van der Waals surface area contributed by atoms with Crippen molar-refractivity contribution in [3.05, 3.63) is 22.9 Å². The molecule has 0 unspecified atom stereocenters. The van der Waals surface area contributed by atoms with Crippen molar-refractivity contribution in [1.29, 1.82) is 0 Å². The number of hydrogen-bond acceptors (Lipinski definition) is 3. The number of halogens is 3. The number of alkyl halides is 2. The Bertz CT molecular complexity index is 396. The lowest BCUT2D eigenvalue weighted by Gasteiger charge is -2.10. The van der Waals surface area contributed by atoms with Gasteiger partial charge in [-0.2, -0.15) is 0 Å². The summed E-state index contributed by atoms with van der Waals surface area (Å²) in [6.45, 7) is 1.38. The summed E-state index contributed by atoms with van der Waals surface area (Å²) in [6.07, 6.45) is -1.72. The first kappa shape index (κ1) is 11.8. The van der Waals surface area contributed by atoms with E-state index < -0.39 is 11.7 Å². The minimum absolute atomic E-state index is 0.0445. The average molecular weight is 236 g/mol. The molecule has 0 amide bonds. The summed E-state index contributed by atoms with van der Waals surface area (Å²) in [5.74, 6) is -0.0445. The SMILES string of the molecule is COc1ncc(C(F)F)c(C)c1C(=O)Cl. The smallest absolute Gasteiger partial charge is 0.265 e. The average Bonchev–Trinajstić information content (AvgIpc) is 2.15. The predicted octanol–water partition coefficient (Wildman–Crippen LogP) is 2.72. The van der Waals surface area contributed by atoms with Crippen LogP contribution >= 0.6 is 11.6 Å². The zero-order valence-corrected chi connectivity index (χ0v) is 8.81. The Morgan fingerprint density at radius 1 is 1.60 bits per heavy atom. The lowest BCUT2D eigenvalue weighted by atomic mass is 10.1. The van der Waals surface area contributed by atoms with Crippen LogP contribution in [-0.2, 0) is 0 Å². The Morgan fingerprint density at radius 2 is 2.20 bits per heavy atom. The fourth-order valence-electron chi connectivity index (χ4n) is 1.20. The predicted molar refractivity (Wildman–Crippen MR) is 50.7 cm³/mol. The van der Waals surface area contributed by atoms with E-state index in [1.807, 2.05) is 0 Å². The summed E-state index contributed by atoms with van der Waals surface area (Å²) in [6, 6.07) is 0. The van der Waals surface area contributed by atoms with E-state index in [1.54, 1.807) is 0 Å². The van der Waals surface area contributed by atoms with Crippen molar-refractivity contribution in [3.8, 4) is 5.88 Å². The van der Waals surface area contributed by atoms with Gasteiger partial charge in [0.2, 0.25) is 5.88 Å². The number of aromatic nitrogens is 1. The van der Waals surface area contributed by atoms with Crippen molar-refractivity contribution in [3.63, 3.8) is 0 Å². The number of ether oxygens (including phenoxy) is 1. The van der Waals surface area contributed by atoms with Crippen molar-refractivity contribution in [2.24, 2.45) is 0 Å². The van der Waals surface area contributed by atoms with E-state index in [0.717, 1.165) is 6.20 Å². The van der Waals surface area contributed by atoms with Gasteiger partial charge in [0.15, 0.2) is 0 Å². The molecule has 0 aromatic carbocycles. The minimum atomic E-state index is -2.70. The topological polar surface area (TPSA) is 39.2 Å². The van der Waals surface area contributed by atoms with E-state index >= 15 is 0 Å². The highest BCUT2D eigenvalue weighted by Crippen LogP contribution is 2.29. The van der Waals surface area contributed by atoms with Gasteiger partial charge in [0, 0.05) is 11.8 Å². The van der Waals surface area contributed by atoms with Gasteiger partial charge in [0.25, 0.3) is 11.7 Å². The second kappa shape index (κ2) is 4.53. The van der Waals surface area contributed by atoms with Crippen molar-refractivity contribution in [1.82, 2.24) is 4.98 Å². The summed E-state index contributed by atoms with van der Waals surface area (Å²) in [5, 5.41) is -0.862. The van der Waals surface area contributed by atoms with Crippen LogP contribution in [0.3, 0.4) is 0 Å². The van der Waals surface area contributed by atoms with Gasteiger partial charge in [-0.25, -0.2) is 13.8 Å². The Labute approximate surface area is 90.0 Å². The van der Waals surface area contributed by atoms with E-state index in [1.165, 1.54) is 14.0 Å². The Kier molecular flexibility index (Phi) is 3.57. The fourth-order valence-corrected chi connectivity index (χ4v) is 1.42. The molecule has 0 aliphatic carbocycles. The van der Waals surface area contributed by atoms with Gasteiger partial charge in [-0.15, -0.1) is 0 Å². The maximum absolute atomic E-state index is 12.5. The number of pyridine rings is 1. The van der Waals surface area contributed by atoms with Crippen LogP contribution in [0.1, 0.15) is 27.9 Å². The molecular formula is C9H8ClF2NO2. The molecule has 1 rings (SSSR count). The fraction of sp³-hybridized carbons (Fsp3) is 0.333. The molecule has 15 heavy (non-hydrogen) atoms. The first-order valence-electron chi connectivity index (χ1n) is 4.00.